The summed E-state index contributed by atoms with van der Waals surface area (Å²) >= 11 is 3.48. The predicted octanol–water partition coefficient (Wildman–Crippen LogP) is 2.92. The first-order valence-corrected chi connectivity index (χ1v) is 7.02. The van der Waals surface area contributed by atoms with Gasteiger partial charge in [-0.1, -0.05) is 6.92 Å². The molecule has 1 N–H and O–H groups in total. The van der Waals surface area contributed by atoms with Gasteiger partial charge in [0.1, 0.15) is 0 Å². The quantitative estimate of drug-likeness (QED) is 0.928. The summed E-state index contributed by atoms with van der Waals surface area (Å²) in [6.45, 7) is 4.87. The number of pyridine rings is 1. The molecule has 1 saturated heterocycles. The van der Waals surface area contributed by atoms with Gasteiger partial charge in [-0.05, 0) is 46.9 Å². The van der Waals surface area contributed by atoms with Gasteiger partial charge in [-0.3, -0.25) is 4.98 Å². The van der Waals surface area contributed by atoms with E-state index in [0.717, 1.165) is 30.7 Å². The van der Waals surface area contributed by atoms with E-state index in [1.165, 1.54) is 12.0 Å². The highest BCUT2D eigenvalue weighted by Crippen LogP contribution is 2.29. The third-order valence-electron chi connectivity index (χ3n) is 3.18. The van der Waals surface area contributed by atoms with Crippen LogP contribution in [0.15, 0.2) is 22.9 Å². The molecule has 1 aromatic rings. The third kappa shape index (κ3) is 3.50. The van der Waals surface area contributed by atoms with Crippen LogP contribution in [0.1, 0.15) is 31.4 Å². The fraction of sp³-hybridized carbons (Fsp3) is 0.615. The van der Waals surface area contributed by atoms with E-state index in [2.05, 4.69) is 39.2 Å². The van der Waals surface area contributed by atoms with E-state index >= 15 is 0 Å². The van der Waals surface area contributed by atoms with Crippen molar-refractivity contribution < 1.29 is 4.74 Å². The van der Waals surface area contributed by atoms with E-state index in [4.69, 9.17) is 4.74 Å². The minimum Gasteiger partial charge on any atom is -0.381 e. The molecule has 1 aromatic heterocycles. The van der Waals surface area contributed by atoms with Gasteiger partial charge in [0.15, 0.2) is 0 Å². The topological polar surface area (TPSA) is 34.2 Å². The Bertz CT molecular complexity index is 353. The van der Waals surface area contributed by atoms with Crippen LogP contribution in [0.3, 0.4) is 0 Å². The van der Waals surface area contributed by atoms with Crippen LogP contribution in [0.5, 0.6) is 0 Å². The molecule has 94 valence electrons. The van der Waals surface area contributed by atoms with Crippen LogP contribution in [0.2, 0.25) is 0 Å². The fourth-order valence-corrected chi connectivity index (χ4v) is 2.79. The van der Waals surface area contributed by atoms with E-state index in [1.807, 2.05) is 12.4 Å². The average molecular weight is 299 g/mol. The Labute approximate surface area is 111 Å². The van der Waals surface area contributed by atoms with Crippen molar-refractivity contribution in [2.75, 3.05) is 19.8 Å². The summed E-state index contributed by atoms with van der Waals surface area (Å²) in [5, 5.41) is 3.56. The molecular weight excluding hydrogens is 280 g/mol. The summed E-state index contributed by atoms with van der Waals surface area (Å²) in [6, 6.07) is 2.50. The first kappa shape index (κ1) is 13.0. The fourth-order valence-electron chi connectivity index (χ4n) is 2.40. The van der Waals surface area contributed by atoms with Crippen molar-refractivity contribution in [1.29, 1.82) is 0 Å². The highest BCUT2D eigenvalue weighted by Gasteiger charge is 2.25. The molecule has 2 unspecified atom stereocenters. The number of aromatic nitrogens is 1. The Morgan fingerprint density at radius 1 is 1.59 bits per heavy atom. The maximum atomic E-state index is 5.59. The Morgan fingerprint density at radius 2 is 2.47 bits per heavy atom. The second kappa shape index (κ2) is 6.47. The minimum absolute atomic E-state index is 0.352. The zero-order valence-electron chi connectivity index (χ0n) is 10.2. The summed E-state index contributed by atoms with van der Waals surface area (Å²) in [6.07, 6.45) is 6.16. The van der Waals surface area contributed by atoms with Crippen molar-refractivity contribution >= 4 is 15.9 Å². The second-order valence-corrected chi connectivity index (χ2v) is 5.36. The van der Waals surface area contributed by atoms with Crippen LogP contribution in [-0.4, -0.2) is 24.7 Å². The lowest BCUT2D eigenvalue weighted by molar-refractivity contribution is 0.0392. The smallest absolute Gasteiger partial charge is 0.0512 e. The van der Waals surface area contributed by atoms with Crippen molar-refractivity contribution in [1.82, 2.24) is 10.3 Å². The maximum absolute atomic E-state index is 5.59. The first-order chi connectivity index (χ1) is 8.31. The van der Waals surface area contributed by atoms with Gasteiger partial charge in [0.25, 0.3) is 0 Å². The Kier molecular flexibility index (Phi) is 4.95. The second-order valence-electron chi connectivity index (χ2n) is 4.45. The molecule has 1 aliphatic rings. The third-order valence-corrected chi connectivity index (χ3v) is 3.61. The number of hydrogen-bond acceptors (Lipinski definition) is 3. The molecule has 1 fully saturated rings. The molecule has 0 saturated carbocycles. The zero-order chi connectivity index (χ0) is 12.1. The van der Waals surface area contributed by atoms with Gasteiger partial charge in [-0.2, -0.15) is 0 Å². The molecule has 4 heteroatoms. The van der Waals surface area contributed by atoms with Crippen LogP contribution >= 0.6 is 15.9 Å². The largest absolute Gasteiger partial charge is 0.381 e. The van der Waals surface area contributed by atoms with Crippen molar-refractivity contribution in [3.8, 4) is 0 Å². The Balaban J connectivity index is 2.15. The minimum atomic E-state index is 0.352. The SMILES string of the molecule is CCNC(c1cncc(Br)c1)C1CCCOC1. The van der Waals surface area contributed by atoms with Gasteiger partial charge in [-0.15, -0.1) is 0 Å². The van der Waals surface area contributed by atoms with Crippen LogP contribution in [0, 0.1) is 5.92 Å². The van der Waals surface area contributed by atoms with Crippen molar-refractivity contribution in [3.63, 3.8) is 0 Å². The van der Waals surface area contributed by atoms with Crippen molar-refractivity contribution in [2.45, 2.75) is 25.8 Å². The summed E-state index contributed by atoms with van der Waals surface area (Å²) in [7, 11) is 0. The van der Waals surface area contributed by atoms with E-state index < -0.39 is 0 Å². The highest BCUT2D eigenvalue weighted by atomic mass is 79.9. The Morgan fingerprint density at radius 3 is 3.12 bits per heavy atom. The molecule has 17 heavy (non-hydrogen) atoms. The highest BCUT2D eigenvalue weighted by molar-refractivity contribution is 9.10. The van der Waals surface area contributed by atoms with Gasteiger partial charge in [0.2, 0.25) is 0 Å². The number of hydrogen-bond donors (Lipinski definition) is 1. The van der Waals surface area contributed by atoms with Gasteiger partial charge in [0, 0.05) is 35.4 Å². The molecular formula is C13H19BrN2O. The normalized spacial score (nSPS) is 22.4. The molecule has 0 aliphatic carbocycles. The van der Waals surface area contributed by atoms with Gasteiger partial charge in [-0.25, -0.2) is 0 Å². The van der Waals surface area contributed by atoms with Gasteiger partial charge >= 0.3 is 0 Å². The summed E-state index contributed by atoms with van der Waals surface area (Å²) < 4.78 is 6.63. The molecule has 0 spiro atoms. The van der Waals surface area contributed by atoms with Crippen LogP contribution in [0.4, 0.5) is 0 Å². The number of nitrogens with zero attached hydrogens (tertiary/aromatic N) is 1. The molecule has 1 aliphatic heterocycles. The lowest BCUT2D eigenvalue weighted by atomic mass is 9.89. The van der Waals surface area contributed by atoms with Crippen LogP contribution in [0.25, 0.3) is 0 Å². The van der Waals surface area contributed by atoms with Crippen molar-refractivity contribution in [2.24, 2.45) is 5.92 Å². The lowest BCUT2D eigenvalue weighted by Crippen LogP contribution is -2.33. The Hall–Kier alpha value is -0.450. The summed E-state index contributed by atoms with van der Waals surface area (Å²) in [5.74, 6) is 0.555. The van der Waals surface area contributed by atoms with Crippen molar-refractivity contribution in [3.05, 3.63) is 28.5 Å². The van der Waals surface area contributed by atoms with Crippen LogP contribution in [-0.2, 0) is 4.74 Å². The molecule has 0 radical (unpaired) electrons. The van der Waals surface area contributed by atoms with E-state index in [9.17, 15) is 0 Å². The molecule has 0 amide bonds. The van der Waals surface area contributed by atoms with E-state index in [-0.39, 0.29) is 0 Å². The number of halogens is 1. The molecule has 3 nitrogen and oxygen atoms in total. The van der Waals surface area contributed by atoms with Gasteiger partial charge in [0.05, 0.1) is 6.61 Å². The number of rotatable bonds is 4. The molecule has 2 atom stereocenters. The predicted molar refractivity (Wildman–Crippen MR) is 71.9 cm³/mol. The number of ether oxygens (including phenoxy) is 1. The average Bonchev–Trinajstić information content (AvgIpc) is 2.37. The summed E-state index contributed by atoms with van der Waals surface area (Å²) in [4.78, 5) is 4.25. The van der Waals surface area contributed by atoms with Gasteiger partial charge < -0.3 is 10.1 Å². The zero-order valence-corrected chi connectivity index (χ0v) is 11.7. The van der Waals surface area contributed by atoms with Crippen LogP contribution < -0.4 is 5.32 Å². The lowest BCUT2D eigenvalue weighted by Gasteiger charge is -2.31. The molecule has 0 bridgehead atoms. The molecule has 2 rings (SSSR count). The van der Waals surface area contributed by atoms with E-state index in [1.54, 1.807) is 0 Å². The summed E-state index contributed by atoms with van der Waals surface area (Å²) in [5.41, 5.74) is 1.25. The van der Waals surface area contributed by atoms with E-state index in [0.29, 0.717) is 12.0 Å². The maximum Gasteiger partial charge on any atom is 0.0512 e. The standard InChI is InChI=1S/C13H19BrN2O/c1-2-16-13(10-4-3-5-17-9-10)11-6-12(14)8-15-7-11/h6-8,10,13,16H,2-5,9H2,1H3. The number of nitrogens with one attached hydrogen (secondary N) is 1. The first-order valence-electron chi connectivity index (χ1n) is 6.23. The molecule has 2 heterocycles. The monoisotopic (exact) mass is 298 g/mol. The molecule has 0 aromatic carbocycles.